The molecular weight excluding hydrogens is 208 g/mol. The van der Waals surface area contributed by atoms with Gasteiger partial charge in [-0.1, -0.05) is 0 Å². The minimum Gasteiger partial charge on any atom is -0.488 e. The Morgan fingerprint density at radius 1 is 1.56 bits per heavy atom. The molecule has 0 amide bonds. The Hall–Kier alpha value is -1.75. The number of hydrogen-bond donors (Lipinski definition) is 3. The van der Waals surface area contributed by atoms with Crippen LogP contribution in [0.4, 0.5) is 5.69 Å². The largest absolute Gasteiger partial charge is 0.488 e. The third kappa shape index (κ3) is 2.25. The second kappa shape index (κ2) is 4.40. The maximum atomic E-state index is 11.0. The zero-order valence-corrected chi connectivity index (χ0v) is 8.77. The van der Waals surface area contributed by atoms with Crippen molar-refractivity contribution in [3.05, 3.63) is 23.8 Å². The molecule has 1 heterocycles. The minimum absolute atomic E-state index is 0.0433. The number of benzene rings is 1. The highest BCUT2D eigenvalue weighted by atomic mass is 16.5. The molecule has 1 aromatic rings. The number of rotatable bonds is 3. The van der Waals surface area contributed by atoms with Gasteiger partial charge in [-0.3, -0.25) is 0 Å². The van der Waals surface area contributed by atoms with Gasteiger partial charge >= 0.3 is 5.97 Å². The molecule has 1 aliphatic heterocycles. The first-order valence-electron chi connectivity index (χ1n) is 5.17. The van der Waals surface area contributed by atoms with E-state index in [2.05, 4.69) is 5.32 Å². The van der Waals surface area contributed by atoms with Crippen LogP contribution < -0.4 is 15.8 Å². The first kappa shape index (κ1) is 10.8. The molecule has 1 atom stereocenters. The molecule has 1 saturated heterocycles. The molecule has 2 rings (SSSR count). The van der Waals surface area contributed by atoms with E-state index in [1.807, 2.05) is 0 Å². The van der Waals surface area contributed by atoms with Gasteiger partial charge < -0.3 is 20.9 Å². The van der Waals surface area contributed by atoms with Gasteiger partial charge in [0.15, 0.2) is 0 Å². The van der Waals surface area contributed by atoms with Gasteiger partial charge in [0.2, 0.25) is 0 Å². The van der Waals surface area contributed by atoms with Gasteiger partial charge in [0.1, 0.15) is 17.4 Å². The van der Waals surface area contributed by atoms with E-state index in [0.29, 0.717) is 11.4 Å². The average molecular weight is 222 g/mol. The third-order valence-corrected chi connectivity index (χ3v) is 2.54. The molecule has 5 nitrogen and oxygen atoms in total. The molecule has 4 N–H and O–H groups in total. The summed E-state index contributed by atoms with van der Waals surface area (Å²) < 4.78 is 5.62. The summed E-state index contributed by atoms with van der Waals surface area (Å²) in [5, 5.41) is 12.2. The third-order valence-electron chi connectivity index (χ3n) is 2.54. The van der Waals surface area contributed by atoms with Crippen LogP contribution in [0.1, 0.15) is 16.8 Å². The minimum atomic E-state index is -1.02. The Labute approximate surface area is 93.2 Å². The van der Waals surface area contributed by atoms with Crippen molar-refractivity contribution in [3.8, 4) is 5.75 Å². The highest BCUT2D eigenvalue weighted by Crippen LogP contribution is 2.23. The summed E-state index contributed by atoms with van der Waals surface area (Å²) in [5.41, 5.74) is 6.08. The van der Waals surface area contributed by atoms with Gasteiger partial charge in [0.05, 0.1) is 0 Å². The smallest absolute Gasteiger partial charge is 0.339 e. The van der Waals surface area contributed by atoms with Crippen LogP contribution in [-0.2, 0) is 0 Å². The highest BCUT2D eigenvalue weighted by Gasteiger charge is 2.19. The standard InChI is InChI=1S/C11H14N2O3/c12-7-1-2-10(9(5-7)11(14)15)16-8-3-4-13-6-8/h1-2,5,8,13H,3-4,6,12H2,(H,14,15). The SMILES string of the molecule is Nc1ccc(OC2CCNC2)c(C(=O)O)c1. The number of nitrogen functional groups attached to an aromatic ring is 1. The summed E-state index contributed by atoms with van der Waals surface area (Å²) in [7, 11) is 0. The lowest BCUT2D eigenvalue weighted by Crippen LogP contribution is -2.20. The van der Waals surface area contributed by atoms with Crippen LogP contribution in [0.2, 0.25) is 0 Å². The number of nitrogens with one attached hydrogen (secondary N) is 1. The van der Waals surface area contributed by atoms with Crippen LogP contribution in [0.25, 0.3) is 0 Å². The van der Waals surface area contributed by atoms with Crippen molar-refractivity contribution < 1.29 is 14.6 Å². The van der Waals surface area contributed by atoms with Gasteiger partial charge in [0.25, 0.3) is 0 Å². The van der Waals surface area contributed by atoms with Crippen molar-refractivity contribution in [2.75, 3.05) is 18.8 Å². The number of carboxylic acids is 1. The Morgan fingerprint density at radius 2 is 2.38 bits per heavy atom. The van der Waals surface area contributed by atoms with E-state index in [0.717, 1.165) is 19.5 Å². The van der Waals surface area contributed by atoms with Gasteiger partial charge in [-0.2, -0.15) is 0 Å². The highest BCUT2D eigenvalue weighted by molar-refractivity contribution is 5.92. The monoisotopic (exact) mass is 222 g/mol. The van der Waals surface area contributed by atoms with Crippen molar-refractivity contribution in [2.24, 2.45) is 0 Å². The predicted molar refractivity (Wildman–Crippen MR) is 59.7 cm³/mol. The molecule has 1 aromatic carbocycles. The predicted octanol–water partition coefficient (Wildman–Crippen LogP) is 0.708. The number of ether oxygens (including phenoxy) is 1. The summed E-state index contributed by atoms with van der Waals surface area (Å²) in [5.74, 6) is -0.636. The van der Waals surface area contributed by atoms with E-state index >= 15 is 0 Å². The summed E-state index contributed by atoms with van der Waals surface area (Å²) in [6.45, 7) is 1.66. The number of hydrogen-bond acceptors (Lipinski definition) is 4. The fourth-order valence-corrected chi connectivity index (χ4v) is 1.73. The van der Waals surface area contributed by atoms with E-state index in [9.17, 15) is 4.79 Å². The molecule has 1 unspecified atom stereocenters. The second-order valence-corrected chi connectivity index (χ2v) is 3.79. The summed E-state index contributed by atoms with van der Waals surface area (Å²) in [6.07, 6.45) is 0.936. The van der Waals surface area contributed by atoms with Crippen LogP contribution in [-0.4, -0.2) is 30.3 Å². The molecule has 0 radical (unpaired) electrons. The lowest BCUT2D eigenvalue weighted by atomic mass is 10.1. The van der Waals surface area contributed by atoms with Crippen LogP contribution in [0.5, 0.6) is 5.75 Å². The first-order valence-corrected chi connectivity index (χ1v) is 5.17. The van der Waals surface area contributed by atoms with Crippen LogP contribution in [0.3, 0.4) is 0 Å². The van der Waals surface area contributed by atoms with Gasteiger partial charge in [0, 0.05) is 12.2 Å². The number of aromatic carboxylic acids is 1. The molecule has 0 aliphatic carbocycles. The topological polar surface area (TPSA) is 84.6 Å². The van der Waals surface area contributed by atoms with Crippen molar-refractivity contribution in [1.29, 1.82) is 0 Å². The fraction of sp³-hybridized carbons (Fsp3) is 0.364. The Morgan fingerprint density at radius 3 is 3.00 bits per heavy atom. The normalized spacial score (nSPS) is 19.6. The number of carbonyl (C=O) groups is 1. The van der Waals surface area contributed by atoms with Gasteiger partial charge in [-0.25, -0.2) is 4.79 Å². The number of nitrogens with two attached hydrogens (primary N) is 1. The zero-order chi connectivity index (χ0) is 11.5. The first-order chi connectivity index (χ1) is 7.66. The molecule has 0 bridgehead atoms. The van der Waals surface area contributed by atoms with E-state index in [-0.39, 0.29) is 11.7 Å². The van der Waals surface area contributed by atoms with E-state index in [1.54, 1.807) is 12.1 Å². The van der Waals surface area contributed by atoms with E-state index in [4.69, 9.17) is 15.6 Å². The Balaban J connectivity index is 2.21. The lowest BCUT2D eigenvalue weighted by molar-refractivity contribution is 0.0690. The van der Waals surface area contributed by atoms with Crippen molar-refractivity contribution in [2.45, 2.75) is 12.5 Å². The molecule has 1 aliphatic rings. The maximum Gasteiger partial charge on any atom is 0.339 e. The molecule has 16 heavy (non-hydrogen) atoms. The Bertz CT molecular complexity index is 400. The second-order valence-electron chi connectivity index (χ2n) is 3.79. The van der Waals surface area contributed by atoms with Gasteiger partial charge in [-0.15, -0.1) is 0 Å². The van der Waals surface area contributed by atoms with Crippen LogP contribution in [0.15, 0.2) is 18.2 Å². The quantitative estimate of drug-likeness (QED) is 0.656. The molecule has 5 heteroatoms. The average Bonchev–Trinajstić information content (AvgIpc) is 2.73. The number of anilines is 1. The molecule has 0 spiro atoms. The number of carboxylic acid groups (broad SMARTS) is 1. The summed E-state index contributed by atoms with van der Waals surface area (Å²) >= 11 is 0. The maximum absolute atomic E-state index is 11.0. The lowest BCUT2D eigenvalue weighted by Gasteiger charge is -2.14. The van der Waals surface area contributed by atoms with Crippen LogP contribution in [0, 0.1) is 0 Å². The molecule has 86 valence electrons. The fourth-order valence-electron chi connectivity index (χ4n) is 1.73. The van der Waals surface area contributed by atoms with Crippen molar-refractivity contribution in [1.82, 2.24) is 5.32 Å². The molecule has 1 fully saturated rings. The van der Waals surface area contributed by atoms with E-state index in [1.165, 1.54) is 6.07 Å². The molecular formula is C11H14N2O3. The molecule has 0 saturated carbocycles. The summed E-state index contributed by atoms with van der Waals surface area (Å²) in [6, 6.07) is 4.67. The van der Waals surface area contributed by atoms with E-state index < -0.39 is 5.97 Å². The van der Waals surface area contributed by atoms with Crippen molar-refractivity contribution >= 4 is 11.7 Å². The van der Waals surface area contributed by atoms with Crippen molar-refractivity contribution in [3.63, 3.8) is 0 Å². The van der Waals surface area contributed by atoms with Crippen LogP contribution >= 0.6 is 0 Å². The van der Waals surface area contributed by atoms with Gasteiger partial charge in [-0.05, 0) is 31.2 Å². The molecule has 0 aromatic heterocycles. The Kier molecular flexibility index (Phi) is 2.96. The summed E-state index contributed by atoms with van der Waals surface area (Å²) in [4.78, 5) is 11.0. The zero-order valence-electron chi connectivity index (χ0n) is 8.77.